The molecule has 9 heteroatoms. The van der Waals surface area contributed by atoms with Crippen molar-refractivity contribution in [3.05, 3.63) is 98.4 Å². The van der Waals surface area contributed by atoms with Crippen LogP contribution in [0, 0.1) is 5.82 Å². The summed E-state index contributed by atoms with van der Waals surface area (Å²) in [4.78, 5) is 28.2. The molecule has 4 rings (SSSR count). The number of benzene rings is 3. The zero-order chi connectivity index (χ0) is 27.6. The van der Waals surface area contributed by atoms with Crippen LogP contribution >= 0.6 is 27.5 Å². The van der Waals surface area contributed by atoms with Crippen molar-refractivity contribution in [3.8, 4) is 11.5 Å². The summed E-state index contributed by atoms with van der Waals surface area (Å²) in [5.41, 5.74) is 2.24. The van der Waals surface area contributed by atoms with Crippen LogP contribution < -0.4 is 15.0 Å². The summed E-state index contributed by atoms with van der Waals surface area (Å²) < 4.78 is 27.1. The molecule has 0 saturated heterocycles. The molecule has 0 bridgehead atoms. The number of urea groups is 1. The first-order chi connectivity index (χ1) is 18.1. The largest absolute Gasteiger partial charge is 0.459 e. The fourth-order valence-electron chi connectivity index (χ4n) is 4.29. The molecule has 0 aliphatic carbocycles. The number of amides is 2. The number of aryl methyl sites for hydroxylation is 1. The summed E-state index contributed by atoms with van der Waals surface area (Å²) in [6.45, 7) is 7.11. The second-order valence-electron chi connectivity index (χ2n) is 9.04. The molecule has 0 spiro atoms. The van der Waals surface area contributed by atoms with Crippen molar-refractivity contribution in [3.63, 3.8) is 0 Å². The van der Waals surface area contributed by atoms with E-state index in [0.717, 1.165) is 10.0 Å². The van der Waals surface area contributed by atoms with Crippen molar-refractivity contribution >= 4 is 45.2 Å². The summed E-state index contributed by atoms with van der Waals surface area (Å²) >= 11 is 9.68. The van der Waals surface area contributed by atoms with Gasteiger partial charge in [-0.3, -0.25) is 4.90 Å². The van der Waals surface area contributed by atoms with E-state index in [1.54, 1.807) is 57.2 Å². The Hall–Kier alpha value is -3.36. The van der Waals surface area contributed by atoms with E-state index in [9.17, 15) is 14.0 Å². The lowest BCUT2D eigenvalue weighted by atomic mass is 9.93. The Balaban J connectivity index is 1.85. The lowest BCUT2D eigenvalue weighted by molar-refractivity contribution is -0.143. The normalized spacial score (nSPS) is 15.5. The van der Waals surface area contributed by atoms with E-state index in [0.29, 0.717) is 28.6 Å². The molecule has 198 valence electrons. The van der Waals surface area contributed by atoms with E-state index in [1.807, 2.05) is 13.0 Å². The Morgan fingerprint density at radius 2 is 1.92 bits per heavy atom. The van der Waals surface area contributed by atoms with E-state index < -0.39 is 30.0 Å². The fourth-order valence-corrected chi connectivity index (χ4v) is 4.93. The zero-order valence-corrected chi connectivity index (χ0v) is 23.7. The number of halogens is 3. The number of carbonyl (C=O) groups excluding carboxylic acids is 2. The molecule has 1 N–H and O–H groups in total. The van der Waals surface area contributed by atoms with Crippen LogP contribution in [0.3, 0.4) is 0 Å². The van der Waals surface area contributed by atoms with E-state index >= 15 is 0 Å². The number of hydrogen-bond acceptors (Lipinski definition) is 4. The SMILES string of the molecule is CCc1cc(Oc2ccc(F)cc2C2NC(=O)N(c3cccc(Br)c3)C(C)=C2C(=O)OC(C)C)ccc1Cl. The molecule has 0 radical (unpaired) electrons. The van der Waals surface area contributed by atoms with Gasteiger partial charge in [0.2, 0.25) is 0 Å². The molecule has 0 saturated carbocycles. The van der Waals surface area contributed by atoms with Gasteiger partial charge >= 0.3 is 12.0 Å². The van der Waals surface area contributed by atoms with Gasteiger partial charge in [-0.05, 0) is 87.4 Å². The number of ether oxygens (including phenoxy) is 2. The summed E-state index contributed by atoms with van der Waals surface area (Å²) in [6, 6.07) is 14.8. The van der Waals surface area contributed by atoms with Gasteiger partial charge in [0.15, 0.2) is 0 Å². The molecule has 6 nitrogen and oxygen atoms in total. The molecular weight excluding hydrogens is 575 g/mol. The minimum Gasteiger partial charge on any atom is -0.459 e. The molecule has 0 fully saturated rings. The zero-order valence-electron chi connectivity index (χ0n) is 21.3. The highest BCUT2D eigenvalue weighted by Crippen LogP contribution is 2.40. The van der Waals surface area contributed by atoms with Crippen molar-refractivity contribution in [2.45, 2.75) is 46.3 Å². The van der Waals surface area contributed by atoms with Gasteiger partial charge < -0.3 is 14.8 Å². The average molecular weight is 602 g/mol. The Bertz CT molecular complexity index is 1430. The van der Waals surface area contributed by atoms with Crippen LogP contribution in [0.15, 0.2) is 76.4 Å². The maximum Gasteiger partial charge on any atom is 0.338 e. The standard InChI is InChI=1S/C29H27BrClFN2O4/c1-5-18-13-22(10-11-24(18)31)38-25-12-9-20(32)15-23(25)27-26(28(35)37-16(2)3)17(4)34(29(36)33-27)21-8-6-7-19(30)14-21/h6-16,27H,5H2,1-4H3,(H,33,36). The Morgan fingerprint density at radius 1 is 1.16 bits per heavy atom. The number of allylic oxidation sites excluding steroid dienone is 1. The average Bonchev–Trinajstić information content (AvgIpc) is 2.85. The monoisotopic (exact) mass is 600 g/mol. The molecule has 1 heterocycles. The van der Waals surface area contributed by atoms with E-state index in [-0.39, 0.29) is 16.9 Å². The van der Waals surface area contributed by atoms with Gasteiger partial charge in [0.05, 0.1) is 23.4 Å². The quantitative estimate of drug-likeness (QED) is 0.278. The van der Waals surface area contributed by atoms with E-state index in [1.165, 1.54) is 23.1 Å². The van der Waals surface area contributed by atoms with Crippen molar-refractivity contribution in [2.24, 2.45) is 0 Å². The van der Waals surface area contributed by atoms with Gasteiger partial charge in [-0.1, -0.05) is 40.5 Å². The Morgan fingerprint density at radius 3 is 2.61 bits per heavy atom. The predicted octanol–water partition coefficient (Wildman–Crippen LogP) is 8.09. The second-order valence-corrected chi connectivity index (χ2v) is 10.4. The second kappa shape index (κ2) is 11.6. The minimum absolute atomic E-state index is 0.166. The number of esters is 1. The molecular formula is C29H27BrClFN2O4. The molecule has 2 amide bonds. The van der Waals surface area contributed by atoms with Crippen LogP contribution in [0.5, 0.6) is 11.5 Å². The molecule has 1 aliphatic heterocycles. The summed E-state index contributed by atoms with van der Waals surface area (Å²) in [6.07, 6.45) is 0.286. The van der Waals surface area contributed by atoms with Gasteiger partial charge in [0.1, 0.15) is 17.3 Å². The van der Waals surface area contributed by atoms with Gasteiger partial charge in [0.25, 0.3) is 0 Å². The van der Waals surface area contributed by atoms with Crippen molar-refractivity contribution in [1.82, 2.24) is 5.32 Å². The minimum atomic E-state index is -1.03. The highest BCUT2D eigenvalue weighted by molar-refractivity contribution is 9.10. The molecule has 3 aromatic rings. The number of anilines is 1. The third-order valence-corrected chi connectivity index (χ3v) is 6.88. The number of hydrogen-bond donors (Lipinski definition) is 1. The molecule has 1 aliphatic rings. The van der Waals surface area contributed by atoms with Crippen molar-refractivity contribution in [2.75, 3.05) is 4.90 Å². The van der Waals surface area contributed by atoms with Crippen molar-refractivity contribution < 1.29 is 23.5 Å². The van der Waals surface area contributed by atoms with Crippen LogP contribution in [-0.2, 0) is 16.0 Å². The molecule has 1 atom stereocenters. The van der Waals surface area contributed by atoms with Gasteiger partial charge in [-0.15, -0.1) is 0 Å². The Labute approximate surface area is 234 Å². The Kier molecular flexibility index (Phi) is 8.43. The number of nitrogens with zero attached hydrogens (tertiary/aromatic N) is 1. The summed E-state index contributed by atoms with van der Waals surface area (Å²) in [5.74, 6) is -0.406. The molecule has 1 unspecified atom stereocenters. The van der Waals surface area contributed by atoms with Gasteiger partial charge in [-0.25, -0.2) is 14.0 Å². The van der Waals surface area contributed by atoms with Gasteiger partial charge in [-0.2, -0.15) is 0 Å². The topological polar surface area (TPSA) is 67.9 Å². The van der Waals surface area contributed by atoms with E-state index in [2.05, 4.69) is 21.2 Å². The number of rotatable bonds is 7. The maximum atomic E-state index is 14.6. The van der Waals surface area contributed by atoms with Crippen LogP contribution in [0.25, 0.3) is 0 Å². The maximum absolute atomic E-state index is 14.6. The fraction of sp³-hybridized carbons (Fsp3) is 0.241. The highest BCUT2D eigenvalue weighted by Gasteiger charge is 2.39. The van der Waals surface area contributed by atoms with Crippen LogP contribution in [0.4, 0.5) is 14.9 Å². The highest BCUT2D eigenvalue weighted by atomic mass is 79.9. The summed E-state index contributed by atoms with van der Waals surface area (Å²) in [5, 5.41) is 3.48. The molecule has 38 heavy (non-hydrogen) atoms. The predicted molar refractivity (Wildman–Crippen MR) is 149 cm³/mol. The smallest absolute Gasteiger partial charge is 0.338 e. The lowest BCUT2D eigenvalue weighted by Crippen LogP contribution is -2.48. The number of nitrogens with one attached hydrogen (secondary N) is 1. The van der Waals surface area contributed by atoms with Crippen LogP contribution in [0.2, 0.25) is 5.02 Å². The third kappa shape index (κ3) is 5.87. The van der Waals surface area contributed by atoms with E-state index in [4.69, 9.17) is 21.1 Å². The molecule has 0 aromatic heterocycles. The van der Waals surface area contributed by atoms with Crippen LogP contribution in [0.1, 0.15) is 44.9 Å². The lowest BCUT2D eigenvalue weighted by Gasteiger charge is -2.36. The first kappa shape index (κ1) is 27.7. The first-order valence-corrected chi connectivity index (χ1v) is 13.3. The third-order valence-electron chi connectivity index (χ3n) is 6.02. The first-order valence-electron chi connectivity index (χ1n) is 12.1. The van der Waals surface area contributed by atoms with Gasteiger partial charge in [0, 0.05) is 20.8 Å². The van der Waals surface area contributed by atoms with Crippen molar-refractivity contribution in [1.29, 1.82) is 0 Å². The summed E-state index contributed by atoms with van der Waals surface area (Å²) in [7, 11) is 0. The van der Waals surface area contributed by atoms with Crippen LogP contribution in [-0.4, -0.2) is 18.1 Å². The number of carbonyl (C=O) groups is 2. The molecule has 3 aromatic carbocycles.